The van der Waals surface area contributed by atoms with Gasteiger partial charge in [0, 0.05) is 24.3 Å². The fourth-order valence-corrected chi connectivity index (χ4v) is 2.42. The molecule has 2 rings (SSSR count). The van der Waals surface area contributed by atoms with Crippen molar-refractivity contribution in [1.29, 1.82) is 0 Å². The lowest BCUT2D eigenvalue weighted by Crippen LogP contribution is -2.22. The second kappa shape index (κ2) is 6.99. The van der Waals surface area contributed by atoms with Gasteiger partial charge in [0.25, 0.3) is 0 Å². The molecule has 2 aromatic rings. The van der Waals surface area contributed by atoms with Crippen molar-refractivity contribution in [2.45, 2.75) is 13.5 Å². The molecule has 0 bridgehead atoms. The van der Waals surface area contributed by atoms with Gasteiger partial charge in [-0.1, -0.05) is 47.1 Å². The zero-order chi connectivity index (χ0) is 15.2. The maximum atomic E-state index is 8.73. The summed E-state index contributed by atoms with van der Waals surface area (Å²) in [6.07, 6.45) is 0. The van der Waals surface area contributed by atoms with Gasteiger partial charge < -0.3 is 15.8 Å². The molecule has 0 aliphatic heterocycles. The smallest absolute Gasteiger partial charge is 0.171 e. The lowest BCUT2D eigenvalue weighted by atomic mass is 10.1. The number of oxime groups is 1. The number of amidine groups is 1. The van der Waals surface area contributed by atoms with Gasteiger partial charge in [0.15, 0.2) is 5.84 Å². The van der Waals surface area contributed by atoms with Crippen LogP contribution in [-0.4, -0.2) is 17.6 Å². The second-order valence-electron chi connectivity index (χ2n) is 4.65. The molecule has 0 atom stereocenters. The Morgan fingerprint density at radius 3 is 2.52 bits per heavy atom. The van der Waals surface area contributed by atoms with E-state index in [9.17, 15) is 0 Å². The van der Waals surface area contributed by atoms with E-state index in [0.29, 0.717) is 10.6 Å². The summed E-state index contributed by atoms with van der Waals surface area (Å²) in [6.45, 7) is 3.75. The molecule has 0 saturated carbocycles. The van der Waals surface area contributed by atoms with Crippen LogP contribution in [0, 0.1) is 0 Å². The number of nitrogens with two attached hydrogens (primary N) is 1. The topological polar surface area (TPSA) is 61.8 Å². The van der Waals surface area contributed by atoms with E-state index in [1.165, 1.54) is 5.56 Å². The van der Waals surface area contributed by atoms with Crippen LogP contribution in [0.3, 0.4) is 0 Å². The van der Waals surface area contributed by atoms with Crippen molar-refractivity contribution in [3.8, 4) is 0 Å². The van der Waals surface area contributed by atoms with E-state index in [-0.39, 0.29) is 5.84 Å². The third-order valence-electron chi connectivity index (χ3n) is 3.30. The highest BCUT2D eigenvalue weighted by Crippen LogP contribution is 2.25. The maximum Gasteiger partial charge on any atom is 0.171 e. The molecule has 0 unspecified atom stereocenters. The molecule has 0 fully saturated rings. The lowest BCUT2D eigenvalue weighted by Gasteiger charge is -2.24. The van der Waals surface area contributed by atoms with E-state index in [1.54, 1.807) is 6.07 Å². The number of hydrogen-bond acceptors (Lipinski definition) is 3. The van der Waals surface area contributed by atoms with Gasteiger partial charge in [-0.2, -0.15) is 0 Å². The van der Waals surface area contributed by atoms with Crippen molar-refractivity contribution >= 4 is 23.1 Å². The predicted molar refractivity (Wildman–Crippen MR) is 87.1 cm³/mol. The standard InChI is InChI=1S/C16H18ClN3O/c1-2-20(11-12-6-4-3-5-7-12)13-8-9-14(15(17)10-13)16(18)19-21/h3-10,21H,2,11H2,1H3,(H2,18,19). The molecule has 0 amide bonds. The van der Waals surface area contributed by atoms with E-state index in [1.807, 2.05) is 30.3 Å². The highest BCUT2D eigenvalue weighted by Gasteiger charge is 2.10. The van der Waals surface area contributed by atoms with E-state index < -0.39 is 0 Å². The first-order valence-electron chi connectivity index (χ1n) is 6.72. The van der Waals surface area contributed by atoms with Crippen molar-refractivity contribution < 1.29 is 5.21 Å². The number of halogens is 1. The quantitative estimate of drug-likeness (QED) is 0.385. The van der Waals surface area contributed by atoms with Crippen LogP contribution in [0.1, 0.15) is 18.1 Å². The van der Waals surface area contributed by atoms with Crippen LogP contribution in [0.5, 0.6) is 0 Å². The number of benzene rings is 2. The molecule has 0 heterocycles. The average Bonchev–Trinajstić information content (AvgIpc) is 2.52. The molecule has 2 aromatic carbocycles. The van der Waals surface area contributed by atoms with Crippen LogP contribution in [-0.2, 0) is 6.54 Å². The summed E-state index contributed by atoms with van der Waals surface area (Å²) in [5.41, 5.74) is 8.34. The average molecular weight is 304 g/mol. The summed E-state index contributed by atoms with van der Waals surface area (Å²) in [5, 5.41) is 12.2. The summed E-state index contributed by atoms with van der Waals surface area (Å²) in [7, 11) is 0. The van der Waals surface area contributed by atoms with Gasteiger partial charge in [-0.15, -0.1) is 0 Å². The largest absolute Gasteiger partial charge is 0.409 e. The first kappa shape index (κ1) is 15.2. The molecule has 21 heavy (non-hydrogen) atoms. The van der Waals surface area contributed by atoms with Gasteiger partial charge in [0.1, 0.15) is 0 Å². The van der Waals surface area contributed by atoms with Crippen LogP contribution in [0.15, 0.2) is 53.7 Å². The summed E-state index contributed by atoms with van der Waals surface area (Å²) in [6, 6.07) is 15.8. The number of nitrogens with zero attached hydrogens (tertiary/aromatic N) is 2. The Hall–Kier alpha value is -2.20. The molecule has 5 heteroatoms. The molecule has 0 aliphatic carbocycles. The summed E-state index contributed by atoms with van der Waals surface area (Å²) in [5.74, 6) is 0.0117. The molecule has 0 spiro atoms. The second-order valence-corrected chi connectivity index (χ2v) is 5.06. The fourth-order valence-electron chi connectivity index (χ4n) is 2.15. The summed E-state index contributed by atoms with van der Waals surface area (Å²) < 4.78 is 0. The lowest BCUT2D eigenvalue weighted by molar-refractivity contribution is 0.318. The van der Waals surface area contributed by atoms with Gasteiger partial charge in [-0.3, -0.25) is 0 Å². The van der Waals surface area contributed by atoms with E-state index >= 15 is 0 Å². The van der Waals surface area contributed by atoms with E-state index in [0.717, 1.165) is 18.8 Å². The number of hydrogen-bond donors (Lipinski definition) is 2. The highest BCUT2D eigenvalue weighted by molar-refractivity contribution is 6.34. The Morgan fingerprint density at radius 2 is 1.95 bits per heavy atom. The minimum atomic E-state index is 0.0117. The maximum absolute atomic E-state index is 8.73. The monoisotopic (exact) mass is 303 g/mol. The summed E-state index contributed by atoms with van der Waals surface area (Å²) >= 11 is 6.21. The molecule has 110 valence electrons. The first-order chi connectivity index (χ1) is 10.2. The Balaban J connectivity index is 2.25. The van der Waals surface area contributed by atoms with Gasteiger partial charge in [-0.05, 0) is 30.7 Å². The Morgan fingerprint density at radius 1 is 1.24 bits per heavy atom. The molecule has 0 aliphatic rings. The highest BCUT2D eigenvalue weighted by atomic mass is 35.5. The van der Waals surface area contributed by atoms with E-state index in [4.69, 9.17) is 22.5 Å². The van der Waals surface area contributed by atoms with Crippen LogP contribution in [0.2, 0.25) is 5.02 Å². The summed E-state index contributed by atoms with van der Waals surface area (Å²) in [4.78, 5) is 2.21. The zero-order valence-electron chi connectivity index (χ0n) is 11.8. The van der Waals surface area contributed by atoms with Crippen LogP contribution in [0.25, 0.3) is 0 Å². The molecular formula is C16H18ClN3O. The fraction of sp³-hybridized carbons (Fsp3) is 0.188. The first-order valence-corrected chi connectivity index (χ1v) is 7.09. The molecule has 0 saturated heterocycles. The van der Waals surface area contributed by atoms with Crippen molar-refractivity contribution in [1.82, 2.24) is 0 Å². The number of rotatable bonds is 5. The minimum Gasteiger partial charge on any atom is -0.409 e. The van der Waals surface area contributed by atoms with Gasteiger partial charge in [-0.25, -0.2) is 0 Å². The van der Waals surface area contributed by atoms with Crippen molar-refractivity contribution in [2.75, 3.05) is 11.4 Å². The minimum absolute atomic E-state index is 0.0117. The van der Waals surface area contributed by atoms with Gasteiger partial charge >= 0.3 is 0 Å². The molecule has 0 radical (unpaired) electrons. The van der Waals surface area contributed by atoms with Crippen molar-refractivity contribution in [3.05, 3.63) is 64.7 Å². The number of anilines is 1. The van der Waals surface area contributed by atoms with Crippen LogP contribution < -0.4 is 10.6 Å². The third kappa shape index (κ3) is 3.67. The Kier molecular flexibility index (Phi) is 5.06. The van der Waals surface area contributed by atoms with Crippen molar-refractivity contribution in [2.24, 2.45) is 10.9 Å². The third-order valence-corrected chi connectivity index (χ3v) is 3.61. The SMILES string of the molecule is CCN(Cc1ccccc1)c1ccc(C(N)=NO)c(Cl)c1. The van der Waals surface area contributed by atoms with E-state index in [2.05, 4.69) is 29.1 Å². The van der Waals surface area contributed by atoms with Crippen molar-refractivity contribution in [3.63, 3.8) is 0 Å². The molecule has 0 aromatic heterocycles. The predicted octanol–water partition coefficient (Wildman–Crippen LogP) is 3.46. The molecular weight excluding hydrogens is 286 g/mol. The van der Waals surface area contributed by atoms with Crippen LogP contribution >= 0.6 is 11.6 Å². The Bertz CT molecular complexity index is 629. The zero-order valence-corrected chi connectivity index (χ0v) is 12.6. The van der Waals surface area contributed by atoms with Gasteiger partial charge in [0.2, 0.25) is 0 Å². The Labute approximate surface area is 129 Å². The molecule has 4 nitrogen and oxygen atoms in total. The van der Waals surface area contributed by atoms with Crippen LogP contribution in [0.4, 0.5) is 5.69 Å². The molecule has 3 N–H and O–H groups in total. The van der Waals surface area contributed by atoms with Gasteiger partial charge in [0.05, 0.1) is 5.02 Å². The normalized spacial score (nSPS) is 11.4.